The van der Waals surface area contributed by atoms with Gasteiger partial charge in [0.15, 0.2) is 0 Å². The number of halogens is 4. The number of carbonyl (C=O) groups excluding carboxylic acids is 1. The molecule has 0 saturated carbocycles. The lowest BCUT2D eigenvalue weighted by Crippen LogP contribution is -2.52. The van der Waals surface area contributed by atoms with Crippen LogP contribution < -0.4 is 4.90 Å². The summed E-state index contributed by atoms with van der Waals surface area (Å²) in [5, 5.41) is 8.98. The van der Waals surface area contributed by atoms with Crippen LogP contribution in [0.4, 0.5) is 23.2 Å². The van der Waals surface area contributed by atoms with E-state index < -0.39 is 30.3 Å². The van der Waals surface area contributed by atoms with Crippen LogP contribution in [0.15, 0.2) is 24.3 Å². The van der Waals surface area contributed by atoms with E-state index in [1.807, 2.05) is 0 Å². The molecule has 4 nitrogen and oxygen atoms in total. The molecule has 20 heavy (non-hydrogen) atoms. The summed E-state index contributed by atoms with van der Waals surface area (Å²) in [6.45, 7) is 0. The monoisotopic (exact) mass is 291 g/mol. The predicted octanol–water partition coefficient (Wildman–Crippen LogP) is 1.93. The fraction of sp³-hybridized carbons (Fsp3) is 0.333. The summed E-state index contributed by atoms with van der Waals surface area (Å²) in [6.07, 6.45) is -4.39. The Labute approximate surface area is 110 Å². The Kier molecular flexibility index (Phi) is 3.41. The topological polar surface area (TPSA) is 57.6 Å². The van der Waals surface area contributed by atoms with Gasteiger partial charge >= 0.3 is 24.2 Å². The number of amides is 1. The van der Waals surface area contributed by atoms with E-state index in [1.165, 1.54) is 24.3 Å². The van der Waals surface area contributed by atoms with Crippen molar-refractivity contribution < 1.29 is 32.3 Å². The van der Waals surface area contributed by atoms with E-state index in [0.29, 0.717) is 5.56 Å². The van der Waals surface area contributed by atoms with Crippen LogP contribution in [-0.4, -0.2) is 35.4 Å². The average Bonchev–Trinajstić information content (AvgIpc) is 2.76. The number of fused-ring (bicyclic) bond motifs is 1. The number of para-hydroxylation sites is 1. The van der Waals surface area contributed by atoms with E-state index >= 15 is 0 Å². The van der Waals surface area contributed by atoms with Crippen LogP contribution in [0.25, 0.3) is 0 Å². The number of anilines is 1. The van der Waals surface area contributed by atoms with Crippen molar-refractivity contribution >= 4 is 17.6 Å². The van der Waals surface area contributed by atoms with Gasteiger partial charge in [-0.2, -0.15) is 8.78 Å². The molecule has 0 radical (unpaired) electrons. The van der Waals surface area contributed by atoms with E-state index in [2.05, 4.69) is 0 Å². The van der Waals surface area contributed by atoms with E-state index in [4.69, 9.17) is 5.11 Å². The minimum Gasteiger partial charge on any atom is -0.480 e. The first-order chi connectivity index (χ1) is 9.26. The van der Waals surface area contributed by atoms with E-state index in [1.54, 1.807) is 0 Å². The van der Waals surface area contributed by atoms with Crippen LogP contribution in [0, 0.1) is 0 Å². The van der Waals surface area contributed by atoms with Gasteiger partial charge in [0.1, 0.15) is 6.04 Å². The lowest BCUT2D eigenvalue weighted by atomic mass is 10.1. The van der Waals surface area contributed by atoms with Crippen molar-refractivity contribution in [2.75, 3.05) is 4.90 Å². The van der Waals surface area contributed by atoms with Crippen LogP contribution >= 0.6 is 0 Å². The molecule has 8 heteroatoms. The van der Waals surface area contributed by atoms with Gasteiger partial charge in [0.05, 0.1) is 0 Å². The Morgan fingerprint density at radius 1 is 1.30 bits per heavy atom. The highest BCUT2D eigenvalue weighted by Gasteiger charge is 2.55. The second kappa shape index (κ2) is 4.77. The van der Waals surface area contributed by atoms with Crippen molar-refractivity contribution in [1.29, 1.82) is 0 Å². The standard InChI is InChI=1S/C12H9F4NO3/c13-10(14)12(15,16)11(20)17-7-4-2-1-3-6(7)5-8(17)9(18)19/h1-4,8,10H,5H2,(H,18,19)/t8-/m0/s1. The molecule has 0 aliphatic carbocycles. The maximum Gasteiger partial charge on any atom is 0.384 e. The molecule has 1 aliphatic heterocycles. The molecule has 0 fully saturated rings. The number of alkyl halides is 4. The number of benzene rings is 1. The zero-order chi connectivity index (χ0) is 15.1. The fourth-order valence-corrected chi connectivity index (χ4v) is 2.09. The number of nitrogens with zero attached hydrogens (tertiary/aromatic N) is 1. The summed E-state index contributed by atoms with van der Waals surface area (Å²) < 4.78 is 50.9. The molecule has 0 aromatic heterocycles. The quantitative estimate of drug-likeness (QED) is 0.866. The first-order valence-electron chi connectivity index (χ1n) is 5.57. The Morgan fingerprint density at radius 2 is 1.90 bits per heavy atom. The summed E-state index contributed by atoms with van der Waals surface area (Å²) >= 11 is 0. The molecule has 0 saturated heterocycles. The SMILES string of the molecule is O=C(O)[C@@H]1Cc2ccccc2N1C(=O)C(F)(F)C(F)F. The minimum atomic E-state index is -4.93. The molecule has 1 amide bonds. The van der Waals surface area contributed by atoms with Crippen molar-refractivity contribution in [2.24, 2.45) is 0 Å². The fourth-order valence-electron chi connectivity index (χ4n) is 2.09. The number of carbonyl (C=O) groups is 2. The Hall–Kier alpha value is -2.12. The van der Waals surface area contributed by atoms with Crippen LogP contribution in [-0.2, 0) is 16.0 Å². The highest BCUT2D eigenvalue weighted by Crippen LogP contribution is 2.36. The molecule has 1 heterocycles. The van der Waals surface area contributed by atoms with Gasteiger partial charge in [-0.3, -0.25) is 9.69 Å². The summed E-state index contributed by atoms with van der Waals surface area (Å²) in [4.78, 5) is 22.9. The molecule has 0 unspecified atom stereocenters. The minimum absolute atomic E-state index is 0.0785. The van der Waals surface area contributed by atoms with E-state index in [-0.39, 0.29) is 17.0 Å². The van der Waals surface area contributed by atoms with Crippen molar-refractivity contribution in [3.05, 3.63) is 29.8 Å². The van der Waals surface area contributed by atoms with Crippen LogP contribution in [0.5, 0.6) is 0 Å². The zero-order valence-electron chi connectivity index (χ0n) is 9.89. The molecule has 2 rings (SSSR count). The number of rotatable bonds is 3. The van der Waals surface area contributed by atoms with Gasteiger partial charge < -0.3 is 5.11 Å². The van der Waals surface area contributed by atoms with Gasteiger partial charge in [-0.25, -0.2) is 13.6 Å². The van der Waals surface area contributed by atoms with Crippen LogP contribution in [0.1, 0.15) is 5.56 Å². The van der Waals surface area contributed by atoms with Gasteiger partial charge in [0.25, 0.3) is 0 Å². The summed E-state index contributed by atoms with van der Waals surface area (Å²) in [5.41, 5.74) is 0.267. The predicted molar refractivity (Wildman–Crippen MR) is 60.0 cm³/mol. The van der Waals surface area contributed by atoms with Crippen molar-refractivity contribution in [3.63, 3.8) is 0 Å². The highest BCUT2D eigenvalue weighted by molar-refractivity contribution is 6.05. The van der Waals surface area contributed by atoms with Crippen molar-refractivity contribution in [2.45, 2.75) is 24.8 Å². The van der Waals surface area contributed by atoms with E-state index in [0.717, 1.165) is 0 Å². The Balaban J connectivity index is 2.46. The maximum absolute atomic E-state index is 13.2. The third-order valence-corrected chi connectivity index (χ3v) is 3.04. The van der Waals surface area contributed by atoms with Gasteiger partial charge in [0, 0.05) is 12.1 Å². The van der Waals surface area contributed by atoms with Gasteiger partial charge in [-0.15, -0.1) is 0 Å². The second-order valence-electron chi connectivity index (χ2n) is 4.29. The van der Waals surface area contributed by atoms with E-state index in [9.17, 15) is 27.2 Å². The molecular weight excluding hydrogens is 282 g/mol. The number of hydrogen-bond acceptors (Lipinski definition) is 2. The first kappa shape index (κ1) is 14.3. The summed E-state index contributed by atoms with van der Waals surface area (Å²) in [6, 6.07) is 4.04. The van der Waals surface area contributed by atoms with Crippen molar-refractivity contribution in [3.8, 4) is 0 Å². The van der Waals surface area contributed by atoms with Gasteiger partial charge in [0.2, 0.25) is 0 Å². The van der Waals surface area contributed by atoms with Crippen LogP contribution in [0.3, 0.4) is 0 Å². The normalized spacial score (nSPS) is 18.2. The summed E-state index contributed by atoms with van der Waals surface area (Å²) in [5.74, 6) is -8.66. The number of carboxylic acid groups (broad SMARTS) is 1. The highest BCUT2D eigenvalue weighted by atomic mass is 19.3. The maximum atomic E-state index is 13.2. The number of carboxylic acids is 1. The molecule has 0 bridgehead atoms. The Bertz CT molecular complexity index is 561. The third kappa shape index (κ3) is 2.10. The van der Waals surface area contributed by atoms with Crippen molar-refractivity contribution in [1.82, 2.24) is 0 Å². The molecule has 1 aromatic rings. The number of aliphatic carboxylic acids is 1. The van der Waals surface area contributed by atoms with Gasteiger partial charge in [-0.05, 0) is 11.6 Å². The Morgan fingerprint density at radius 3 is 2.45 bits per heavy atom. The lowest BCUT2D eigenvalue weighted by Gasteiger charge is -2.26. The molecular formula is C12H9F4NO3. The second-order valence-corrected chi connectivity index (χ2v) is 4.29. The zero-order valence-corrected chi connectivity index (χ0v) is 9.89. The molecule has 1 aliphatic rings. The average molecular weight is 291 g/mol. The van der Waals surface area contributed by atoms with Crippen LogP contribution in [0.2, 0.25) is 0 Å². The third-order valence-electron chi connectivity index (χ3n) is 3.04. The molecule has 1 N–H and O–H groups in total. The molecule has 108 valence electrons. The summed E-state index contributed by atoms with van der Waals surface area (Å²) in [7, 11) is 0. The molecule has 0 spiro atoms. The first-order valence-corrected chi connectivity index (χ1v) is 5.57. The number of hydrogen-bond donors (Lipinski definition) is 1. The largest absolute Gasteiger partial charge is 0.480 e. The molecule has 1 atom stereocenters. The molecule has 1 aromatic carbocycles. The smallest absolute Gasteiger partial charge is 0.384 e. The lowest BCUT2D eigenvalue weighted by molar-refractivity contribution is -0.167. The van der Waals surface area contributed by atoms with Gasteiger partial charge in [-0.1, -0.05) is 18.2 Å².